The molecule has 0 aliphatic rings. The van der Waals surface area contributed by atoms with E-state index < -0.39 is 20.9 Å². The van der Waals surface area contributed by atoms with Crippen LogP contribution in [-0.4, -0.2) is 34.5 Å². The predicted molar refractivity (Wildman–Crippen MR) is 121 cm³/mol. The SMILES string of the molecule is Cc1cc(/C=C(/C#N)C(=O)Nc2nc(S(C)(=O)=O)ns2)c(C)n1-c1ccc(Cl)cc1Cl. The highest BCUT2D eigenvalue weighted by Gasteiger charge is 2.19. The first kappa shape index (κ1) is 23.0. The van der Waals surface area contributed by atoms with Crippen molar-refractivity contribution in [1.82, 2.24) is 13.9 Å². The summed E-state index contributed by atoms with van der Waals surface area (Å²) in [5.74, 6) is -0.729. The summed E-state index contributed by atoms with van der Waals surface area (Å²) < 4.78 is 28.5. The summed E-state index contributed by atoms with van der Waals surface area (Å²) in [4.78, 5) is 16.3. The number of hydrogen-bond donors (Lipinski definition) is 1. The lowest BCUT2D eigenvalue weighted by Crippen LogP contribution is -2.13. The van der Waals surface area contributed by atoms with Gasteiger partial charge in [-0.15, -0.1) is 0 Å². The number of sulfone groups is 1. The lowest BCUT2D eigenvalue weighted by Gasteiger charge is -2.12. The third-order valence-corrected chi connectivity index (χ3v) is 6.38. The molecule has 160 valence electrons. The van der Waals surface area contributed by atoms with Crippen molar-refractivity contribution in [2.75, 3.05) is 11.6 Å². The van der Waals surface area contributed by atoms with Crippen LogP contribution in [0.5, 0.6) is 0 Å². The van der Waals surface area contributed by atoms with Crippen molar-refractivity contribution in [3.05, 3.63) is 56.8 Å². The average Bonchev–Trinajstić information content (AvgIpc) is 3.25. The Kier molecular flexibility index (Phi) is 6.52. The largest absolute Gasteiger partial charge is 0.316 e. The number of nitriles is 1. The number of nitrogens with zero attached hydrogens (tertiary/aromatic N) is 4. The molecule has 12 heteroatoms. The van der Waals surface area contributed by atoms with Gasteiger partial charge in [0.25, 0.3) is 11.1 Å². The fourth-order valence-electron chi connectivity index (χ4n) is 2.85. The Morgan fingerprint density at radius 3 is 2.58 bits per heavy atom. The van der Waals surface area contributed by atoms with Crippen LogP contribution in [0.15, 0.2) is 35.0 Å². The van der Waals surface area contributed by atoms with Gasteiger partial charge in [-0.1, -0.05) is 23.2 Å². The number of amides is 1. The lowest BCUT2D eigenvalue weighted by atomic mass is 10.1. The second-order valence-corrected chi connectivity index (χ2v) is 10.0. The molecule has 0 bridgehead atoms. The van der Waals surface area contributed by atoms with E-state index in [4.69, 9.17) is 23.2 Å². The molecule has 0 saturated heterocycles. The lowest BCUT2D eigenvalue weighted by molar-refractivity contribution is -0.112. The number of rotatable bonds is 5. The van der Waals surface area contributed by atoms with Crippen molar-refractivity contribution >= 4 is 61.7 Å². The molecule has 1 N–H and O–H groups in total. The number of aryl methyl sites for hydroxylation is 1. The van der Waals surface area contributed by atoms with Gasteiger partial charge in [-0.05, 0) is 49.8 Å². The number of benzene rings is 1. The predicted octanol–water partition coefficient (Wildman–Crippen LogP) is 4.20. The standard InChI is InChI=1S/C19H15Cl2N5O3S2/c1-10-6-12(11(2)26(10)16-5-4-14(20)8-15(16)21)7-13(9-22)17(27)23-18-24-19(25-30-18)31(3,28)29/h4-8H,1-3H3,(H,23,24,25,27)/b13-7-. The number of hydrogen-bond acceptors (Lipinski definition) is 7. The maximum Gasteiger partial charge on any atom is 0.268 e. The second-order valence-electron chi connectivity index (χ2n) is 6.54. The van der Waals surface area contributed by atoms with E-state index in [9.17, 15) is 18.5 Å². The van der Waals surface area contributed by atoms with Gasteiger partial charge in [-0.3, -0.25) is 10.1 Å². The summed E-state index contributed by atoms with van der Waals surface area (Å²) in [7, 11) is -3.60. The maximum absolute atomic E-state index is 12.5. The third-order valence-electron chi connectivity index (χ3n) is 4.25. The molecule has 0 atom stereocenters. The Morgan fingerprint density at radius 2 is 2.00 bits per heavy atom. The van der Waals surface area contributed by atoms with Crippen LogP contribution in [0, 0.1) is 25.2 Å². The van der Waals surface area contributed by atoms with Crippen LogP contribution in [0.1, 0.15) is 17.0 Å². The summed E-state index contributed by atoms with van der Waals surface area (Å²) >= 11 is 13.0. The molecule has 1 amide bonds. The van der Waals surface area contributed by atoms with Crippen LogP contribution in [0.2, 0.25) is 10.0 Å². The van der Waals surface area contributed by atoms with Crippen molar-refractivity contribution in [2.24, 2.45) is 0 Å². The molecule has 1 aromatic carbocycles. The molecule has 8 nitrogen and oxygen atoms in total. The van der Waals surface area contributed by atoms with E-state index in [2.05, 4.69) is 14.7 Å². The summed E-state index contributed by atoms with van der Waals surface area (Å²) in [5.41, 5.74) is 2.78. The molecule has 0 aliphatic carbocycles. The first-order chi connectivity index (χ1) is 14.5. The van der Waals surface area contributed by atoms with Crippen LogP contribution in [0.25, 0.3) is 11.8 Å². The zero-order chi connectivity index (χ0) is 22.9. The molecule has 3 aromatic rings. The van der Waals surface area contributed by atoms with Crippen LogP contribution in [-0.2, 0) is 14.6 Å². The molecule has 0 radical (unpaired) electrons. The van der Waals surface area contributed by atoms with Gasteiger partial charge in [-0.25, -0.2) is 8.42 Å². The molecule has 0 fully saturated rings. The van der Waals surface area contributed by atoms with Gasteiger partial charge in [0.2, 0.25) is 15.0 Å². The van der Waals surface area contributed by atoms with E-state index in [0.29, 0.717) is 32.8 Å². The van der Waals surface area contributed by atoms with Crippen LogP contribution < -0.4 is 5.32 Å². The highest BCUT2D eigenvalue weighted by atomic mass is 35.5. The minimum atomic E-state index is -3.60. The fraction of sp³-hybridized carbons (Fsp3) is 0.158. The normalized spacial score (nSPS) is 11.9. The monoisotopic (exact) mass is 495 g/mol. The molecule has 2 heterocycles. The van der Waals surface area contributed by atoms with Crippen molar-refractivity contribution in [1.29, 1.82) is 5.26 Å². The molecule has 2 aromatic heterocycles. The Balaban J connectivity index is 1.93. The molecule has 3 rings (SSSR count). The van der Waals surface area contributed by atoms with Gasteiger partial charge in [0.1, 0.15) is 11.6 Å². The van der Waals surface area contributed by atoms with Gasteiger partial charge in [0.15, 0.2) is 0 Å². The van der Waals surface area contributed by atoms with Crippen molar-refractivity contribution < 1.29 is 13.2 Å². The molecule has 0 saturated carbocycles. The molecular weight excluding hydrogens is 481 g/mol. The second kappa shape index (κ2) is 8.80. The summed E-state index contributed by atoms with van der Waals surface area (Å²) in [6, 6.07) is 8.81. The maximum atomic E-state index is 12.5. The number of nitrogens with one attached hydrogen (secondary N) is 1. The highest BCUT2D eigenvalue weighted by Crippen LogP contribution is 2.29. The molecule has 31 heavy (non-hydrogen) atoms. The Morgan fingerprint density at radius 1 is 1.29 bits per heavy atom. The number of halogens is 2. The van der Waals surface area contributed by atoms with E-state index in [0.717, 1.165) is 17.6 Å². The van der Waals surface area contributed by atoms with Crippen molar-refractivity contribution in [2.45, 2.75) is 19.0 Å². The van der Waals surface area contributed by atoms with E-state index in [1.807, 2.05) is 30.6 Å². The fourth-order valence-corrected chi connectivity index (χ4v) is 4.78. The molecule has 0 unspecified atom stereocenters. The number of anilines is 1. The molecule has 0 spiro atoms. The van der Waals surface area contributed by atoms with Crippen LogP contribution >= 0.6 is 34.7 Å². The van der Waals surface area contributed by atoms with E-state index >= 15 is 0 Å². The Bertz CT molecular complexity index is 1370. The first-order valence-electron chi connectivity index (χ1n) is 8.62. The molecular formula is C19H15Cl2N5O3S2. The van der Waals surface area contributed by atoms with Gasteiger partial charge in [-0.2, -0.15) is 14.6 Å². The number of aromatic nitrogens is 3. The quantitative estimate of drug-likeness (QED) is 0.418. The topological polar surface area (TPSA) is 118 Å². The summed E-state index contributed by atoms with van der Waals surface area (Å²) in [6.45, 7) is 3.70. The summed E-state index contributed by atoms with van der Waals surface area (Å²) in [5, 5.41) is 12.4. The van der Waals surface area contributed by atoms with Crippen LogP contribution in [0.3, 0.4) is 0 Å². The number of carbonyl (C=O) groups is 1. The number of carbonyl (C=O) groups excluding carboxylic acids is 1. The minimum Gasteiger partial charge on any atom is -0.316 e. The van der Waals surface area contributed by atoms with Gasteiger partial charge in [0, 0.05) is 34.2 Å². The van der Waals surface area contributed by atoms with Gasteiger partial charge in [0.05, 0.1) is 10.7 Å². The average molecular weight is 496 g/mol. The third kappa shape index (κ3) is 4.97. The zero-order valence-electron chi connectivity index (χ0n) is 16.5. The van der Waals surface area contributed by atoms with E-state index in [1.54, 1.807) is 18.2 Å². The zero-order valence-corrected chi connectivity index (χ0v) is 19.6. The van der Waals surface area contributed by atoms with E-state index in [1.165, 1.54) is 6.08 Å². The highest BCUT2D eigenvalue weighted by molar-refractivity contribution is 7.90. The first-order valence-corrected chi connectivity index (χ1v) is 12.0. The Labute approximate surface area is 192 Å². The van der Waals surface area contributed by atoms with Gasteiger partial charge >= 0.3 is 0 Å². The van der Waals surface area contributed by atoms with E-state index in [-0.39, 0.29) is 10.7 Å². The van der Waals surface area contributed by atoms with Crippen molar-refractivity contribution in [3.8, 4) is 11.8 Å². The van der Waals surface area contributed by atoms with Gasteiger partial charge < -0.3 is 4.57 Å². The van der Waals surface area contributed by atoms with Crippen LogP contribution in [0.4, 0.5) is 5.13 Å². The molecule has 0 aliphatic heterocycles. The summed E-state index contributed by atoms with van der Waals surface area (Å²) in [6.07, 6.45) is 2.40. The minimum absolute atomic E-state index is 0.0232. The van der Waals surface area contributed by atoms with Crippen molar-refractivity contribution in [3.63, 3.8) is 0 Å². The Hall–Kier alpha value is -2.71. The smallest absolute Gasteiger partial charge is 0.268 e.